The first-order valence-electron chi connectivity index (χ1n) is 10.1. The third kappa shape index (κ3) is 5.25. The minimum absolute atomic E-state index is 0.0152. The number of nitrogens with zero attached hydrogens (tertiary/aromatic N) is 1. The molecule has 0 aromatic heterocycles. The van der Waals surface area contributed by atoms with Crippen molar-refractivity contribution in [2.24, 2.45) is 11.8 Å². The molecule has 2 atom stereocenters. The molecule has 1 heterocycles. The maximum absolute atomic E-state index is 13.1. The number of rotatable bonds is 4. The van der Waals surface area contributed by atoms with Crippen molar-refractivity contribution in [1.82, 2.24) is 4.31 Å². The Hall–Kier alpha value is -2.18. The Morgan fingerprint density at radius 1 is 1.24 bits per heavy atom. The fourth-order valence-corrected chi connectivity index (χ4v) is 5.13. The molecule has 2 aliphatic rings. The number of esters is 1. The Labute approximate surface area is 173 Å². The Balaban J connectivity index is 1.91. The molecule has 0 N–H and O–H groups in total. The van der Waals surface area contributed by atoms with Crippen molar-refractivity contribution in [3.05, 3.63) is 65.3 Å². The molecule has 6 heteroatoms. The quantitative estimate of drug-likeness (QED) is 0.423. The summed E-state index contributed by atoms with van der Waals surface area (Å²) in [4.78, 5) is 12.3. The second-order valence-electron chi connectivity index (χ2n) is 7.81. The van der Waals surface area contributed by atoms with Gasteiger partial charge in [-0.15, -0.1) is 0 Å². The van der Waals surface area contributed by atoms with Crippen LogP contribution in [-0.2, 0) is 19.6 Å². The van der Waals surface area contributed by atoms with Crippen LogP contribution in [0.2, 0.25) is 0 Å². The van der Waals surface area contributed by atoms with Crippen molar-refractivity contribution in [2.45, 2.75) is 38.5 Å². The van der Waals surface area contributed by atoms with Gasteiger partial charge in [-0.3, -0.25) is 0 Å². The van der Waals surface area contributed by atoms with Gasteiger partial charge in [0.15, 0.2) is 0 Å². The van der Waals surface area contributed by atoms with E-state index in [-0.39, 0.29) is 11.9 Å². The number of fused-ring (bicyclic) bond motifs is 1. The molecule has 29 heavy (non-hydrogen) atoms. The summed E-state index contributed by atoms with van der Waals surface area (Å²) in [6.07, 6.45) is 9.51. The molecular formula is C23H29NO4S. The normalized spacial score (nSPS) is 27.3. The van der Waals surface area contributed by atoms with Crippen LogP contribution in [0.5, 0.6) is 0 Å². The lowest BCUT2D eigenvalue weighted by Crippen LogP contribution is -2.28. The molecular weight excluding hydrogens is 386 g/mol. The van der Waals surface area contributed by atoms with Gasteiger partial charge in [0.25, 0.3) is 0 Å². The van der Waals surface area contributed by atoms with E-state index in [4.69, 9.17) is 4.74 Å². The topological polar surface area (TPSA) is 63.7 Å². The molecule has 5 nitrogen and oxygen atoms in total. The van der Waals surface area contributed by atoms with Crippen molar-refractivity contribution < 1.29 is 17.9 Å². The summed E-state index contributed by atoms with van der Waals surface area (Å²) in [7, 11) is -3.56. The van der Waals surface area contributed by atoms with Crippen molar-refractivity contribution in [1.29, 1.82) is 0 Å². The van der Waals surface area contributed by atoms with Crippen molar-refractivity contribution in [3.8, 4) is 0 Å². The van der Waals surface area contributed by atoms with E-state index >= 15 is 0 Å². The van der Waals surface area contributed by atoms with E-state index in [2.05, 4.69) is 19.1 Å². The van der Waals surface area contributed by atoms with Crippen molar-refractivity contribution in [3.63, 3.8) is 0 Å². The maximum atomic E-state index is 13.1. The molecule has 1 aliphatic heterocycles. The summed E-state index contributed by atoms with van der Waals surface area (Å²) in [5.74, 6) is 0.0235. The highest BCUT2D eigenvalue weighted by Crippen LogP contribution is 2.32. The van der Waals surface area contributed by atoms with Crippen LogP contribution in [0.15, 0.2) is 64.6 Å². The summed E-state index contributed by atoms with van der Waals surface area (Å²) >= 11 is 0. The van der Waals surface area contributed by atoms with Gasteiger partial charge in [0, 0.05) is 25.1 Å². The molecule has 1 aromatic rings. The Kier molecular flexibility index (Phi) is 6.75. The smallest absolute Gasteiger partial charge is 0.331 e. The second kappa shape index (κ2) is 9.09. The van der Waals surface area contributed by atoms with E-state index in [1.165, 1.54) is 4.31 Å². The van der Waals surface area contributed by atoms with Gasteiger partial charge in [-0.05, 0) is 55.9 Å². The van der Waals surface area contributed by atoms with Crippen LogP contribution < -0.4 is 0 Å². The van der Waals surface area contributed by atoms with E-state index in [0.29, 0.717) is 30.5 Å². The molecule has 0 spiro atoms. The first-order valence-corrected chi connectivity index (χ1v) is 11.6. The van der Waals surface area contributed by atoms with Gasteiger partial charge in [-0.1, -0.05) is 42.8 Å². The minimum atomic E-state index is -3.56. The highest BCUT2D eigenvalue weighted by atomic mass is 32.2. The predicted molar refractivity (Wildman–Crippen MR) is 114 cm³/mol. The lowest BCUT2D eigenvalue weighted by Gasteiger charge is -2.16. The predicted octanol–water partition coefficient (Wildman–Crippen LogP) is 4.02. The molecule has 0 radical (unpaired) electrons. The van der Waals surface area contributed by atoms with Gasteiger partial charge in [-0.2, -0.15) is 4.31 Å². The number of sulfonamides is 1. The molecule has 1 saturated heterocycles. The standard InChI is InChI=1S/C23H29NO4S/c1-4-28-23(25)14-19-9-5-17(2)6-10-20-15-24(16-21(20)13-19)29(26,27)22-11-7-18(3)8-12-22/h6-8,10-14,17,20H,4-5,9,15-16H2,1-3H3/b10-6-,19-14-,21-13-. The lowest BCUT2D eigenvalue weighted by molar-refractivity contribution is -0.137. The largest absolute Gasteiger partial charge is 0.463 e. The van der Waals surface area contributed by atoms with Crippen LogP contribution in [0.3, 0.4) is 0 Å². The van der Waals surface area contributed by atoms with Gasteiger partial charge in [0.05, 0.1) is 11.5 Å². The molecule has 0 saturated carbocycles. The number of hydrogen-bond acceptors (Lipinski definition) is 4. The van der Waals surface area contributed by atoms with Gasteiger partial charge in [-0.25, -0.2) is 13.2 Å². The molecule has 2 unspecified atom stereocenters. The summed E-state index contributed by atoms with van der Waals surface area (Å²) in [5, 5.41) is 0. The van der Waals surface area contributed by atoms with Crippen LogP contribution in [0, 0.1) is 18.8 Å². The second-order valence-corrected chi connectivity index (χ2v) is 9.75. The van der Waals surface area contributed by atoms with Gasteiger partial charge < -0.3 is 4.74 Å². The zero-order valence-corrected chi connectivity index (χ0v) is 18.1. The molecule has 1 aromatic carbocycles. The monoisotopic (exact) mass is 415 g/mol. The van der Waals surface area contributed by atoms with Crippen LogP contribution in [-0.4, -0.2) is 38.4 Å². The summed E-state index contributed by atoms with van der Waals surface area (Å²) in [5.41, 5.74) is 2.94. The maximum Gasteiger partial charge on any atom is 0.331 e. The first-order chi connectivity index (χ1) is 13.8. The SMILES string of the molecule is CCOC(=O)/C=C1\C=C2\CN(S(=O)(=O)c3ccc(C)cc3)CC2/C=C\C(C)CC1. The van der Waals surface area contributed by atoms with Crippen LogP contribution >= 0.6 is 0 Å². The Bertz CT molecular complexity index is 942. The number of hydrogen-bond donors (Lipinski definition) is 0. The van der Waals surface area contributed by atoms with Crippen molar-refractivity contribution in [2.75, 3.05) is 19.7 Å². The van der Waals surface area contributed by atoms with Crippen molar-refractivity contribution >= 4 is 16.0 Å². The van der Waals surface area contributed by atoms with E-state index < -0.39 is 10.0 Å². The fourth-order valence-electron chi connectivity index (χ4n) is 3.68. The zero-order chi connectivity index (χ0) is 21.0. The average molecular weight is 416 g/mol. The van der Waals surface area contributed by atoms with Gasteiger partial charge in [0.1, 0.15) is 0 Å². The molecule has 0 bridgehead atoms. The van der Waals surface area contributed by atoms with Crippen LogP contribution in [0.25, 0.3) is 0 Å². The summed E-state index contributed by atoms with van der Waals surface area (Å²) in [6.45, 7) is 6.94. The zero-order valence-electron chi connectivity index (χ0n) is 17.3. The third-order valence-electron chi connectivity index (χ3n) is 5.42. The number of aryl methyl sites for hydroxylation is 1. The molecule has 3 rings (SSSR count). The van der Waals surface area contributed by atoms with Crippen LogP contribution in [0.1, 0.15) is 32.3 Å². The molecule has 0 amide bonds. The first kappa shape index (κ1) is 21.5. The highest BCUT2D eigenvalue weighted by Gasteiger charge is 2.35. The summed E-state index contributed by atoms with van der Waals surface area (Å²) in [6, 6.07) is 6.96. The van der Waals surface area contributed by atoms with E-state index in [9.17, 15) is 13.2 Å². The Morgan fingerprint density at radius 2 is 1.97 bits per heavy atom. The number of ether oxygens (including phenoxy) is 1. The molecule has 156 valence electrons. The molecule has 1 aliphatic carbocycles. The van der Waals surface area contributed by atoms with Gasteiger partial charge in [0.2, 0.25) is 10.0 Å². The number of allylic oxidation sites excluding steroid dienone is 3. The van der Waals surface area contributed by atoms with Crippen LogP contribution in [0.4, 0.5) is 0 Å². The Morgan fingerprint density at radius 3 is 2.66 bits per heavy atom. The fraction of sp³-hybridized carbons (Fsp3) is 0.435. The van der Waals surface area contributed by atoms with Gasteiger partial charge >= 0.3 is 5.97 Å². The number of benzene rings is 1. The third-order valence-corrected chi connectivity index (χ3v) is 7.24. The van der Waals surface area contributed by atoms with E-state index in [1.54, 1.807) is 25.1 Å². The minimum Gasteiger partial charge on any atom is -0.463 e. The number of carbonyl (C=O) groups excluding carboxylic acids is 1. The summed E-state index contributed by atoms with van der Waals surface area (Å²) < 4.78 is 32.8. The van der Waals surface area contributed by atoms with E-state index in [1.807, 2.05) is 25.1 Å². The highest BCUT2D eigenvalue weighted by molar-refractivity contribution is 7.89. The molecule has 1 fully saturated rings. The average Bonchev–Trinajstić information content (AvgIpc) is 3.09. The lowest BCUT2D eigenvalue weighted by atomic mass is 9.99. The number of carbonyl (C=O) groups is 1. The van der Waals surface area contributed by atoms with E-state index in [0.717, 1.165) is 29.6 Å².